The zero-order valence-corrected chi connectivity index (χ0v) is 9.54. The Balaban J connectivity index is 2.53. The molecule has 1 N–H and O–H groups in total. The highest BCUT2D eigenvalue weighted by atomic mass is 16.5. The molecule has 0 spiro atoms. The molecule has 17 heavy (non-hydrogen) atoms. The van der Waals surface area contributed by atoms with Gasteiger partial charge in [0, 0.05) is 11.3 Å². The van der Waals surface area contributed by atoms with Gasteiger partial charge in [-0.3, -0.25) is 0 Å². The van der Waals surface area contributed by atoms with Gasteiger partial charge in [-0.1, -0.05) is 12.1 Å². The summed E-state index contributed by atoms with van der Waals surface area (Å²) in [4.78, 5) is 10.9. The van der Waals surface area contributed by atoms with Crippen LogP contribution < -0.4 is 4.74 Å². The highest BCUT2D eigenvalue weighted by Gasteiger charge is 2.13. The number of para-hydroxylation sites is 1. The van der Waals surface area contributed by atoms with Gasteiger partial charge >= 0.3 is 6.09 Å². The molecule has 2 aromatic rings. The molecule has 0 saturated carbocycles. The minimum Gasteiger partial charge on any atom is -0.496 e. The number of hydrogen-bond acceptors (Lipinski definition) is 3. The van der Waals surface area contributed by atoms with Crippen molar-refractivity contribution in [2.45, 2.75) is 6.92 Å². The second-order valence-corrected chi connectivity index (χ2v) is 3.57. The van der Waals surface area contributed by atoms with Crippen LogP contribution in [0.15, 0.2) is 30.3 Å². The Morgan fingerprint density at radius 1 is 1.41 bits per heavy atom. The quantitative estimate of drug-likeness (QED) is 0.863. The van der Waals surface area contributed by atoms with Gasteiger partial charge in [-0.25, -0.2) is 4.79 Å². The van der Waals surface area contributed by atoms with Crippen LogP contribution in [-0.2, 0) is 0 Å². The van der Waals surface area contributed by atoms with Gasteiger partial charge in [0.2, 0.25) is 0 Å². The molecule has 0 bridgehead atoms. The van der Waals surface area contributed by atoms with Crippen LogP contribution in [0.5, 0.6) is 5.75 Å². The van der Waals surface area contributed by atoms with E-state index in [1.807, 2.05) is 24.3 Å². The van der Waals surface area contributed by atoms with E-state index in [2.05, 4.69) is 5.10 Å². The molecular weight excluding hydrogens is 220 g/mol. The van der Waals surface area contributed by atoms with E-state index in [0.29, 0.717) is 17.1 Å². The average molecular weight is 232 g/mol. The molecule has 1 heterocycles. The first-order valence-electron chi connectivity index (χ1n) is 5.07. The number of aromatic nitrogens is 2. The van der Waals surface area contributed by atoms with E-state index >= 15 is 0 Å². The van der Waals surface area contributed by atoms with Gasteiger partial charge in [-0.05, 0) is 25.1 Å². The molecular formula is C12H12N2O3. The van der Waals surface area contributed by atoms with Crippen LogP contribution >= 0.6 is 0 Å². The molecule has 1 aromatic carbocycles. The van der Waals surface area contributed by atoms with E-state index < -0.39 is 6.09 Å². The second kappa shape index (κ2) is 4.29. The molecule has 88 valence electrons. The van der Waals surface area contributed by atoms with Gasteiger partial charge in [0.1, 0.15) is 5.75 Å². The number of carboxylic acid groups (broad SMARTS) is 1. The number of benzene rings is 1. The maximum absolute atomic E-state index is 10.9. The molecule has 0 atom stereocenters. The summed E-state index contributed by atoms with van der Waals surface area (Å²) in [5.74, 6) is 0.669. The maximum Gasteiger partial charge on any atom is 0.432 e. The number of carbonyl (C=O) groups is 1. The molecule has 0 aliphatic rings. The van der Waals surface area contributed by atoms with Crippen molar-refractivity contribution in [2.24, 2.45) is 0 Å². The summed E-state index contributed by atoms with van der Waals surface area (Å²) in [5.41, 5.74) is 1.93. The first-order valence-corrected chi connectivity index (χ1v) is 5.07. The summed E-state index contributed by atoms with van der Waals surface area (Å²) < 4.78 is 6.16. The Labute approximate surface area is 98.3 Å². The highest BCUT2D eigenvalue weighted by molar-refractivity contribution is 5.72. The molecule has 0 aliphatic heterocycles. The monoisotopic (exact) mass is 232 g/mol. The molecule has 2 rings (SSSR count). The third kappa shape index (κ3) is 1.99. The predicted molar refractivity (Wildman–Crippen MR) is 62.4 cm³/mol. The molecule has 5 nitrogen and oxygen atoms in total. The first kappa shape index (κ1) is 11.2. The predicted octanol–water partition coefficient (Wildman–Crippen LogP) is 2.39. The van der Waals surface area contributed by atoms with Crippen LogP contribution in [-0.4, -0.2) is 28.1 Å². The van der Waals surface area contributed by atoms with Gasteiger partial charge in [-0.2, -0.15) is 9.78 Å². The number of hydrogen-bond donors (Lipinski definition) is 1. The van der Waals surface area contributed by atoms with Gasteiger partial charge < -0.3 is 9.84 Å². The topological polar surface area (TPSA) is 64.3 Å². The Hall–Kier alpha value is -2.30. The van der Waals surface area contributed by atoms with Gasteiger partial charge in [0.25, 0.3) is 0 Å². The van der Waals surface area contributed by atoms with Crippen LogP contribution in [0.2, 0.25) is 0 Å². The first-order chi connectivity index (χ1) is 8.13. The van der Waals surface area contributed by atoms with Gasteiger partial charge in [-0.15, -0.1) is 0 Å². The molecule has 0 amide bonds. The molecule has 0 fully saturated rings. The highest BCUT2D eigenvalue weighted by Crippen LogP contribution is 2.28. The van der Waals surface area contributed by atoms with Gasteiger partial charge in [0.15, 0.2) is 0 Å². The van der Waals surface area contributed by atoms with E-state index in [9.17, 15) is 4.79 Å². The fraction of sp³-hybridized carbons (Fsp3) is 0.167. The summed E-state index contributed by atoms with van der Waals surface area (Å²) in [6.45, 7) is 1.69. The number of ether oxygens (including phenoxy) is 1. The Kier molecular flexibility index (Phi) is 2.82. The number of aryl methyl sites for hydroxylation is 1. The van der Waals surface area contributed by atoms with Crippen molar-refractivity contribution < 1.29 is 14.6 Å². The lowest BCUT2D eigenvalue weighted by atomic mass is 10.1. The van der Waals surface area contributed by atoms with Crippen molar-refractivity contribution in [3.8, 4) is 17.0 Å². The van der Waals surface area contributed by atoms with Crippen molar-refractivity contribution >= 4 is 6.09 Å². The average Bonchev–Trinajstić information content (AvgIpc) is 2.71. The number of rotatable bonds is 2. The van der Waals surface area contributed by atoms with Crippen LogP contribution in [0, 0.1) is 6.92 Å². The summed E-state index contributed by atoms with van der Waals surface area (Å²) in [7, 11) is 1.57. The lowest BCUT2D eigenvalue weighted by Gasteiger charge is -2.04. The van der Waals surface area contributed by atoms with E-state index in [0.717, 1.165) is 10.2 Å². The molecule has 0 radical (unpaired) electrons. The third-order valence-corrected chi connectivity index (χ3v) is 2.45. The zero-order chi connectivity index (χ0) is 12.4. The van der Waals surface area contributed by atoms with Crippen molar-refractivity contribution in [2.75, 3.05) is 7.11 Å². The largest absolute Gasteiger partial charge is 0.496 e. The maximum atomic E-state index is 10.9. The lowest BCUT2D eigenvalue weighted by Crippen LogP contribution is -2.11. The zero-order valence-electron chi connectivity index (χ0n) is 9.54. The third-order valence-electron chi connectivity index (χ3n) is 2.45. The molecule has 0 unspecified atom stereocenters. The summed E-state index contributed by atoms with van der Waals surface area (Å²) in [5, 5.41) is 12.9. The van der Waals surface area contributed by atoms with Crippen molar-refractivity contribution in [1.29, 1.82) is 0 Å². The molecule has 1 aromatic heterocycles. The fourth-order valence-corrected chi connectivity index (χ4v) is 1.66. The normalized spacial score (nSPS) is 10.2. The lowest BCUT2D eigenvalue weighted by molar-refractivity contribution is 0.192. The van der Waals surface area contributed by atoms with Crippen molar-refractivity contribution in [3.63, 3.8) is 0 Å². The fourth-order valence-electron chi connectivity index (χ4n) is 1.66. The minimum absolute atomic E-state index is 0.568. The standard InChI is InChI=1S/C12H12N2O3/c1-8-7-10(13-14(8)12(15)16)9-5-3-4-6-11(9)17-2/h3-7H,1-2H3,(H,15,16). The van der Waals surface area contributed by atoms with Crippen molar-refractivity contribution in [1.82, 2.24) is 9.78 Å². The number of methoxy groups -OCH3 is 1. The second-order valence-electron chi connectivity index (χ2n) is 3.57. The summed E-state index contributed by atoms with van der Waals surface area (Å²) in [6, 6.07) is 9.07. The van der Waals surface area contributed by atoms with Gasteiger partial charge in [0.05, 0.1) is 12.8 Å². The molecule has 5 heteroatoms. The van der Waals surface area contributed by atoms with Crippen LogP contribution in [0.25, 0.3) is 11.3 Å². The van der Waals surface area contributed by atoms with Crippen molar-refractivity contribution in [3.05, 3.63) is 36.0 Å². The SMILES string of the molecule is COc1ccccc1-c1cc(C)n(C(=O)O)n1. The van der Waals surface area contributed by atoms with Crippen LogP contribution in [0.3, 0.4) is 0 Å². The van der Waals surface area contributed by atoms with E-state index in [-0.39, 0.29) is 0 Å². The summed E-state index contributed by atoms with van der Waals surface area (Å²) >= 11 is 0. The van der Waals surface area contributed by atoms with E-state index in [1.165, 1.54) is 0 Å². The smallest absolute Gasteiger partial charge is 0.432 e. The Bertz CT molecular complexity index is 561. The summed E-state index contributed by atoms with van der Waals surface area (Å²) in [6.07, 6.45) is -1.09. The van der Waals surface area contributed by atoms with Crippen LogP contribution in [0.1, 0.15) is 5.69 Å². The number of nitrogens with zero attached hydrogens (tertiary/aromatic N) is 2. The Morgan fingerprint density at radius 2 is 2.12 bits per heavy atom. The Morgan fingerprint density at radius 3 is 2.71 bits per heavy atom. The molecule has 0 saturated heterocycles. The van der Waals surface area contributed by atoms with E-state index in [1.54, 1.807) is 20.1 Å². The van der Waals surface area contributed by atoms with Crippen LogP contribution in [0.4, 0.5) is 4.79 Å². The minimum atomic E-state index is -1.09. The van der Waals surface area contributed by atoms with E-state index in [4.69, 9.17) is 9.84 Å². The molecule has 0 aliphatic carbocycles.